The van der Waals surface area contributed by atoms with Gasteiger partial charge in [0.2, 0.25) is 0 Å². The Bertz CT molecular complexity index is 883. The van der Waals surface area contributed by atoms with Gasteiger partial charge in [-0.25, -0.2) is 0 Å². The highest BCUT2D eigenvalue weighted by molar-refractivity contribution is 7.71. The molecule has 0 amide bonds. The van der Waals surface area contributed by atoms with Gasteiger partial charge in [0.1, 0.15) is 24.4 Å². The van der Waals surface area contributed by atoms with E-state index in [0.717, 1.165) is 5.56 Å². The Morgan fingerprint density at radius 3 is 2.70 bits per heavy atom. The first-order valence-electron chi connectivity index (χ1n) is 8.53. The van der Waals surface area contributed by atoms with E-state index in [-0.39, 0.29) is 6.54 Å². The van der Waals surface area contributed by atoms with Crippen molar-refractivity contribution in [3.63, 3.8) is 0 Å². The number of aromatic amines is 1. The van der Waals surface area contributed by atoms with Crippen LogP contribution in [0.25, 0.3) is 11.4 Å². The first kappa shape index (κ1) is 19.0. The maximum absolute atomic E-state index is 10.7. The number of rotatable bonds is 4. The Labute approximate surface area is 165 Å². The van der Waals surface area contributed by atoms with Gasteiger partial charge in [0, 0.05) is 10.6 Å². The Hall–Kier alpha value is -1.33. The summed E-state index contributed by atoms with van der Waals surface area (Å²) >= 11 is 11.2. The third-order valence-corrected chi connectivity index (χ3v) is 5.23. The summed E-state index contributed by atoms with van der Waals surface area (Å²) in [5, 5.41) is 28.8. The molecule has 1 aromatic carbocycles. The zero-order valence-corrected chi connectivity index (χ0v) is 16.3. The molecule has 10 heteroatoms. The summed E-state index contributed by atoms with van der Waals surface area (Å²) in [4.78, 5) is 0. The molecule has 27 heavy (non-hydrogen) atoms. The van der Waals surface area contributed by atoms with Crippen molar-refractivity contribution in [1.29, 1.82) is 0 Å². The van der Waals surface area contributed by atoms with Crippen molar-refractivity contribution in [2.24, 2.45) is 0 Å². The predicted molar refractivity (Wildman–Crippen MR) is 98.6 cm³/mol. The highest BCUT2D eigenvalue weighted by Crippen LogP contribution is 2.38. The smallest absolute Gasteiger partial charge is 0.195 e. The largest absolute Gasteiger partial charge is 0.388 e. The van der Waals surface area contributed by atoms with Gasteiger partial charge in [-0.1, -0.05) is 11.6 Å². The Balaban J connectivity index is 1.53. The second-order valence-corrected chi connectivity index (χ2v) is 7.92. The molecule has 2 fully saturated rings. The van der Waals surface area contributed by atoms with Crippen LogP contribution in [0.15, 0.2) is 24.3 Å². The van der Waals surface area contributed by atoms with Crippen molar-refractivity contribution < 1.29 is 24.4 Å². The quantitative estimate of drug-likeness (QED) is 0.657. The van der Waals surface area contributed by atoms with E-state index in [1.165, 1.54) is 0 Å². The topological polar surface area (TPSA) is 102 Å². The fourth-order valence-corrected chi connectivity index (χ4v) is 3.76. The van der Waals surface area contributed by atoms with E-state index in [9.17, 15) is 10.2 Å². The number of hydrogen-bond acceptors (Lipinski definition) is 7. The van der Waals surface area contributed by atoms with Crippen molar-refractivity contribution in [2.75, 3.05) is 0 Å². The van der Waals surface area contributed by atoms with Gasteiger partial charge in [-0.05, 0) is 50.3 Å². The number of nitrogens with zero attached hydrogens (tertiary/aromatic N) is 2. The van der Waals surface area contributed by atoms with Crippen LogP contribution in [-0.2, 0) is 20.8 Å². The number of fused-ring (bicyclic) bond motifs is 1. The average Bonchev–Trinajstić information content (AvgIpc) is 3.21. The highest BCUT2D eigenvalue weighted by atomic mass is 35.5. The van der Waals surface area contributed by atoms with Crippen molar-refractivity contribution >= 4 is 23.8 Å². The van der Waals surface area contributed by atoms with Crippen LogP contribution in [0.4, 0.5) is 0 Å². The summed E-state index contributed by atoms with van der Waals surface area (Å²) in [7, 11) is 0. The van der Waals surface area contributed by atoms with Gasteiger partial charge in [0.25, 0.3) is 0 Å². The van der Waals surface area contributed by atoms with Gasteiger partial charge < -0.3 is 24.4 Å². The summed E-state index contributed by atoms with van der Waals surface area (Å²) in [6, 6.07) is 7.12. The number of ether oxygens (including phenoxy) is 3. The molecule has 3 heterocycles. The third kappa shape index (κ3) is 3.56. The monoisotopic (exact) mass is 413 g/mol. The van der Waals surface area contributed by atoms with Gasteiger partial charge in [0.05, 0.1) is 6.54 Å². The summed E-state index contributed by atoms with van der Waals surface area (Å²) in [5.74, 6) is -0.279. The second-order valence-electron chi connectivity index (χ2n) is 7.10. The molecular formula is C17H20ClN3O5S. The number of nitrogens with one attached hydrogen (secondary N) is 1. The lowest BCUT2D eigenvalue weighted by Crippen LogP contribution is -2.42. The molecule has 5 atom stereocenters. The van der Waals surface area contributed by atoms with Crippen LogP contribution in [0.3, 0.4) is 0 Å². The number of aliphatic hydroxyl groups is 2. The van der Waals surface area contributed by atoms with Crippen LogP contribution in [0, 0.1) is 4.77 Å². The minimum absolute atomic E-state index is 0.0812. The number of aromatic nitrogens is 3. The van der Waals surface area contributed by atoms with E-state index in [4.69, 9.17) is 38.0 Å². The molecule has 146 valence electrons. The summed E-state index contributed by atoms with van der Waals surface area (Å²) in [6.07, 6.45) is -4.30. The van der Waals surface area contributed by atoms with E-state index in [2.05, 4.69) is 10.2 Å². The molecule has 4 rings (SSSR count). The fraction of sp³-hybridized carbons (Fsp3) is 0.529. The molecule has 8 nitrogen and oxygen atoms in total. The van der Waals surface area contributed by atoms with E-state index in [0.29, 0.717) is 15.6 Å². The van der Waals surface area contributed by atoms with Crippen molar-refractivity contribution in [3.8, 4) is 11.4 Å². The number of halogens is 1. The van der Waals surface area contributed by atoms with Crippen LogP contribution in [-0.4, -0.2) is 61.5 Å². The third-order valence-electron chi connectivity index (χ3n) is 4.66. The number of H-pyrrole nitrogens is 1. The molecule has 3 N–H and O–H groups in total. The number of aliphatic hydroxyl groups excluding tert-OH is 2. The fourth-order valence-electron chi connectivity index (χ4n) is 3.43. The SMILES string of the molecule is CC1(C)O[C@H]2O[C@H]([C@H](O)Cn3c(-c4ccc(Cl)cc4)n[nH]c3=S)[C@H](O)[C@H]2O1. The molecule has 0 aliphatic carbocycles. The molecule has 0 bridgehead atoms. The molecule has 0 saturated carbocycles. The van der Waals surface area contributed by atoms with Crippen LogP contribution >= 0.6 is 23.8 Å². The van der Waals surface area contributed by atoms with Crippen LogP contribution in [0.5, 0.6) is 0 Å². The normalized spacial score (nSPS) is 30.4. The Morgan fingerprint density at radius 1 is 1.33 bits per heavy atom. The number of benzene rings is 1. The molecule has 2 aromatic rings. The standard InChI is InChI=1S/C17H20ClN3O5S/c1-17(2)25-13-11(23)12(24-15(13)26-17)10(22)7-21-14(19-20-16(21)27)8-3-5-9(18)6-4-8/h3-6,10-13,15,22-23H,7H2,1-2H3,(H,20,27)/t10-,11+,12-,13-,15-/m1/s1. The van der Waals surface area contributed by atoms with Crippen LogP contribution in [0.2, 0.25) is 5.02 Å². The maximum atomic E-state index is 10.7. The average molecular weight is 414 g/mol. The molecule has 0 unspecified atom stereocenters. The second kappa shape index (κ2) is 6.93. The molecule has 2 aliphatic rings. The zero-order valence-electron chi connectivity index (χ0n) is 14.7. The molecular weight excluding hydrogens is 394 g/mol. The Morgan fingerprint density at radius 2 is 2.04 bits per heavy atom. The Kier molecular flexibility index (Phi) is 4.88. The summed E-state index contributed by atoms with van der Waals surface area (Å²) < 4.78 is 19.0. The lowest BCUT2D eigenvalue weighted by Gasteiger charge is -2.26. The van der Waals surface area contributed by atoms with Crippen molar-refractivity contribution in [2.45, 2.75) is 56.9 Å². The first-order valence-corrected chi connectivity index (χ1v) is 9.32. The molecule has 0 spiro atoms. The summed E-state index contributed by atoms with van der Waals surface area (Å²) in [5.41, 5.74) is 0.789. The van der Waals surface area contributed by atoms with Crippen LogP contribution < -0.4 is 0 Å². The van der Waals surface area contributed by atoms with E-state index < -0.39 is 36.5 Å². The minimum atomic E-state index is -1.05. The maximum Gasteiger partial charge on any atom is 0.195 e. The molecule has 2 saturated heterocycles. The number of hydrogen-bond donors (Lipinski definition) is 3. The van der Waals surface area contributed by atoms with Crippen LogP contribution in [0.1, 0.15) is 13.8 Å². The molecule has 1 aromatic heterocycles. The van der Waals surface area contributed by atoms with Gasteiger partial charge in [0.15, 0.2) is 22.7 Å². The van der Waals surface area contributed by atoms with Gasteiger partial charge in [-0.15, -0.1) is 0 Å². The lowest BCUT2D eigenvalue weighted by molar-refractivity contribution is -0.226. The van der Waals surface area contributed by atoms with Crippen molar-refractivity contribution in [3.05, 3.63) is 34.1 Å². The first-order chi connectivity index (χ1) is 12.7. The molecule has 2 aliphatic heterocycles. The van der Waals surface area contributed by atoms with E-state index in [1.54, 1.807) is 30.5 Å². The molecule has 0 radical (unpaired) electrons. The zero-order chi connectivity index (χ0) is 19.3. The summed E-state index contributed by atoms with van der Waals surface area (Å²) in [6.45, 7) is 3.57. The van der Waals surface area contributed by atoms with Gasteiger partial charge in [-0.3, -0.25) is 9.67 Å². The lowest BCUT2D eigenvalue weighted by atomic mass is 10.1. The predicted octanol–water partition coefficient (Wildman–Crippen LogP) is 1.86. The van der Waals surface area contributed by atoms with Gasteiger partial charge >= 0.3 is 0 Å². The highest BCUT2D eigenvalue weighted by Gasteiger charge is 2.55. The van der Waals surface area contributed by atoms with E-state index in [1.807, 2.05) is 12.1 Å². The minimum Gasteiger partial charge on any atom is -0.388 e. The van der Waals surface area contributed by atoms with E-state index >= 15 is 0 Å². The van der Waals surface area contributed by atoms with Gasteiger partial charge in [-0.2, -0.15) is 5.10 Å². The van der Waals surface area contributed by atoms with Crippen molar-refractivity contribution in [1.82, 2.24) is 14.8 Å².